The van der Waals surface area contributed by atoms with Gasteiger partial charge in [-0.3, -0.25) is 0 Å². The van der Waals surface area contributed by atoms with Crippen LogP contribution in [0.5, 0.6) is 0 Å². The summed E-state index contributed by atoms with van der Waals surface area (Å²) < 4.78 is 15.8. The molecule has 1 aromatic heterocycles. The topological polar surface area (TPSA) is 21.1 Å². The molecule has 0 spiro atoms. The Labute approximate surface area is 128 Å². The van der Waals surface area contributed by atoms with E-state index in [1.54, 1.807) is 6.07 Å². The molecule has 1 atom stereocenters. The molecule has 110 valence electrons. The van der Waals surface area contributed by atoms with Crippen molar-refractivity contribution in [2.24, 2.45) is 0 Å². The van der Waals surface area contributed by atoms with E-state index < -0.39 is 5.82 Å². The average molecular weight is 318 g/mol. The Morgan fingerprint density at radius 2 is 2.10 bits per heavy atom. The second-order valence-electron chi connectivity index (χ2n) is 5.20. The second kappa shape index (κ2) is 6.29. The van der Waals surface area contributed by atoms with E-state index in [4.69, 9.17) is 23.2 Å². The predicted molar refractivity (Wildman–Crippen MR) is 82.4 cm³/mol. The number of nitrogens with zero attached hydrogens (tertiary/aromatic N) is 3. The fourth-order valence-corrected chi connectivity index (χ4v) is 2.83. The SMILES string of the molecule is CC(CN(C)C)n1c(CCCl)nc2cc(Cl)c(F)cc21. The molecule has 0 saturated carbocycles. The Kier molecular flexibility index (Phi) is 4.89. The largest absolute Gasteiger partial charge is 0.324 e. The summed E-state index contributed by atoms with van der Waals surface area (Å²) in [5, 5.41) is 0.0971. The molecular weight excluding hydrogens is 300 g/mol. The van der Waals surface area contributed by atoms with Gasteiger partial charge in [0.25, 0.3) is 0 Å². The number of benzene rings is 1. The number of halogens is 3. The van der Waals surface area contributed by atoms with Crippen molar-refractivity contribution < 1.29 is 4.39 Å². The van der Waals surface area contributed by atoms with E-state index in [9.17, 15) is 4.39 Å². The van der Waals surface area contributed by atoms with Crippen LogP contribution in [0.3, 0.4) is 0 Å². The van der Waals surface area contributed by atoms with E-state index in [1.165, 1.54) is 6.07 Å². The van der Waals surface area contributed by atoms with Crippen molar-refractivity contribution in [1.29, 1.82) is 0 Å². The Morgan fingerprint density at radius 1 is 1.40 bits per heavy atom. The van der Waals surface area contributed by atoms with Gasteiger partial charge in [0.05, 0.1) is 16.1 Å². The zero-order chi connectivity index (χ0) is 14.9. The Bertz CT molecular complexity index is 610. The summed E-state index contributed by atoms with van der Waals surface area (Å²) >= 11 is 11.7. The van der Waals surface area contributed by atoms with Gasteiger partial charge < -0.3 is 9.47 Å². The molecule has 1 heterocycles. The fourth-order valence-electron chi connectivity index (χ4n) is 2.50. The van der Waals surface area contributed by atoms with Crippen LogP contribution in [-0.2, 0) is 6.42 Å². The van der Waals surface area contributed by atoms with Crippen LogP contribution in [0, 0.1) is 5.82 Å². The Hall–Kier alpha value is -0.840. The number of likely N-dealkylation sites (N-methyl/N-ethyl adjacent to an activating group) is 1. The highest BCUT2D eigenvalue weighted by Crippen LogP contribution is 2.27. The number of hydrogen-bond donors (Lipinski definition) is 0. The molecule has 0 bridgehead atoms. The number of aryl methyl sites for hydroxylation is 1. The van der Waals surface area contributed by atoms with Crippen LogP contribution in [0.1, 0.15) is 18.8 Å². The van der Waals surface area contributed by atoms with Crippen molar-refractivity contribution in [1.82, 2.24) is 14.5 Å². The Balaban J connectivity index is 2.58. The van der Waals surface area contributed by atoms with Crippen molar-refractivity contribution in [2.45, 2.75) is 19.4 Å². The monoisotopic (exact) mass is 317 g/mol. The van der Waals surface area contributed by atoms with E-state index in [0.717, 1.165) is 17.9 Å². The molecule has 0 saturated heterocycles. The minimum absolute atomic E-state index is 0.0971. The van der Waals surface area contributed by atoms with Crippen LogP contribution in [0.25, 0.3) is 11.0 Å². The van der Waals surface area contributed by atoms with Gasteiger partial charge in [-0.2, -0.15) is 0 Å². The van der Waals surface area contributed by atoms with Crippen molar-refractivity contribution in [2.75, 3.05) is 26.5 Å². The zero-order valence-corrected chi connectivity index (χ0v) is 13.3. The summed E-state index contributed by atoms with van der Waals surface area (Å²) in [7, 11) is 4.02. The molecule has 6 heteroatoms. The van der Waals surface area contributed by atoms with Crippen molar-refractivity contribution in [3.8, 4) is 0 Å². The first-order valence-corrected chi connectivity index (χ1v) is 7.41. The van der Waals surface area contributed by atoms with Gasteiger partial charge in [0.1, 0.15) is 11.6 Å². The molecule has 0 aliphatic heterocycles. The first-order chi connectivity index (χ1) is 9.43. The minimum Gasteiger partial charge on any atom is -0.324 e. The standard InChI is InChI=1S/C14H18Cl2FN3/c1-9(8-19(2)3)20-13-7-11(17)10(16)6-12(13)18-14(20)4-5-15/h6-7,9H,4-5,8H2,1-3H3. The van der Waals surface area contributed by atoms with Gasteiger partial charge in [-0.05, 0) is 27.1 Å². The third kappa shape index (κ3) is 3.08. The van der Waals surface area contributed by atoms with Crippen LogP contribution < -0.4 is 0 Å². The van der Waals surface area contributed by atoms with E-state index in [2.05, 4.69) is 21.4 Å². The summed E-state index contributed by atoms with van der Waals surface area (Å²) in [6, 6.07) is 3.20. The third-order valence-electron chi connectivity index (χ3n) is 3.19. The molecule has 0 aliphatic rings. The fraction of sp³-hybridized carbons (Fsp3) is 0.500. The highest BCUT2D eigenvalue weighted by atomic mass is 35.5. The summed E-state index contributed by atoms with van der Waals surface area (Å²) in [6.07, 6.45) is 0.646. The molecule has 0 N–H and O–H groups in total. The molecule has 2 aromatic rings. The average Bonchev–Trinajstić information content (AvgIpc) is 2.67. The number of aromatic nitrogens is 2. The van der Waals surface area contributed by atoms with E-state index >= 15 is 0 Å². The van der Waals surface area contributed by atoms with E-state index in [0.29, 0.717) is 17.8 Å². The summed E-state index contributed by atoms with van der Waals surface area (Å²) in [5.41, 5.74) is 1.48. The lowest BCUT2D eigenvalue weighted by molar-refractivity contribution is 0.337. The van der Waals surface area contributed by atoms with Crippen molar-refractivity contribution in [3.05, 3.63) is 28.8 Å². The Morgan fingerprint density at radius 3 is 2.70 bits per heavy atom. The maximum absolute atomic E-state index is 13.7. The normalized spacial score (nSPS) is 13.3. The second-order valence-corrected chi connectivity index (χ2v) is 5.99. The van der Waals surface area contributed by atoms with Crippen molar-refractivity contribution in [3.63, 3.8) is 0 Å². The lowest BCUT2D eigenvalue weighted by Gasteiger charge is -2.21. The molecule has 2 rings (SSSR count). The smallest absolute Gasteiger partial charge is 0.144 e. The molecule has 3 nitrogen and oxygen atoms in total. The summed E-state index contributed by atoms with van der Waals surface area (Å²) in [6.45, 7) is 2.93. The van der Waals surface area contributed by atoms with E-state index in [1.807, 2.05) is 14.1 Å². The maximum Gasteiger partial charge on any atom is 0.144 e. The van der Waals surface area contributed by atoms with Gasteiger partial charge in [-0.1, -0.05) is 11.6 Å². The highest BCUT2D eigenvalue weighted by Gasteiger charge is 2.18. The minimum atomic E-state index is -0.421. The number of rotatable bonds is 5. The first kappa shape index (κ1) is 15.5. The molecular formula is C14H18Cl2FN3. The lowest BCUT2D eigenvalue weighted by atomic mass is 10.2. The van der Waals surface area contributed by atoms with Gasteiger partial charge in [0, 0.05) is 31.0 Å². The van der Waals surface area contributed by atoms with Crippen LogP contribution in [-0.4, -0.2) is 41.0 Å². The summed E-state index contributed by atoms with van der Waals surface area (Å²) in [4.78, 5) is 6.63. The number of imidazole rings is 1. The quantitative estimate of drug-likeness (QED) is 0.783. The van der Waals surface area contributed by atoms with Crippen molar-refractivity contribution >= 4 is 34.2 Å². The molecule has 20 heavy (non-hydrogen) atoms. The third-order valence-corrected chi connectivity index (χ3v) is 3.67. The molecule has 1 aromatic carbocycles. The number of alkyl halides is 1. The van der Waals surface area contributed by atoms with Crippen LogP contribution >= 0.6 is 23.2 Å². The zero-order valence-electron chi connectivity index (χ0n) is 11.8. The van der Waals surface area contributed by atoms with Crippen LogP contribution in [0.2, 0.25) is 5.02 Å². The highest BCUT2D eigenvalue weighted by molar-refractivity contribution is 6.31. The van der Waals surface area contributed by atoms with Gasteiger partial charge in [-0.25, -0.2) is 9.37 Å². The van der Waals surface area contributed by atoms with Crippen LogP contribution in [0.4, 0.5) is 4.39 Å². The maximum atomic E-state index is 13.7. The van der Waals surface area contributed by atoms with E-state index in [-0.39, 0.29) is 11.1 Å². The molecule has 0 amide bonds. The molecule has 0 radical (unpaired) electrons. The predicted octanol–water partition coefficient (Wildman–Crippen LogP) is 3.73. The van der Waals surface area contributed by atoms with Crippen LogP contribution in [0.15, 0.2) is 12.1 Å². The lowest BCUT2D eigenvalue weighted by Crippen LogP contribution is -2.23. The molecule has 1 unspecified atom stereocenters. The molecule has 0 aliphatic carbocycles. The van der Waals surface area contributed by atoms with Gasteiger partial charge in [0.15, 0.2) is 0 Å². The number of hydrogen-bond acceptors (Lipinski definition) is 2. The number of fused-ring (bicyclic) bond motifs is 1. The van der Waals surface area contributed by atoms with Gasteiger partial charge in [-0.15, -0.1) is 11.6 Å². The first-order valence-electron chi connectivity index (χ1n) is 6.50. The summed E-state index contributed by atoms with van der Waals surface area (Å²) in [5.74, 6) is 0.926. The van der Waals surface area contributed by atoms with Gasteiger partial charge >= 0.3 is 0 Å². The van der Waals surface area contributed by atoms with Gasteiger partial charge in [0.2, 0.25) is 0 Å². The molecule has 0 fully saturated rings.